The molecule has 4 heterocycles. The molecule has 5 heteroatoms. The first kappa shape index (κ1) is 27.6. The minimum Gasteiger partial charge on any atom is -0.452 e. The number of nitriles is 1. The quantitative estimate of drug-likeness (QED) is 0.196. The highest BCUT2D eigenvalue weighted by molar-refractivity contribution is 6.23. The maximum atomic E-state index is 10.4. The van der Waals surface area contributed by atoms with Crippen molar-refractivity contribution in [3.05, 3.63) is 72.3 Å². The second-order valence-electron chi connectivity index (χ2n) is 14.8. The van der Waals surface area contributed by atoms with Crippen LogP contribution >= 0.6 is 0 Å². The highest BCUT2D eigenvalue weighted by Crippen LogP contribution is 2.43. The van der Waals surface area contributed by atoms with Gasteiger partial charge in [-0.25, -0.2) is 0 Å². The summed E-state index contributed by atoms with van der Waals surface area (Å²) in [5.41, 5.74) is 6.09. The van der Waals surface area contributed by atoms with Gasteiger partial charge in [-0.05, 0) is 113 Å². The molecule has 7 aromatic rings. The molecule has 0 aliphatic carbocycles. The molecule has 0 amide bonds. The average Bonchev–Trinajstić information content (AvgIpc) is 3.58. The Balaban J connectivity index is 1.19. The molecule has 2 aliphatic rings. The van der Waals surface area contributed by atoms with Crippen LogP contribution in [-0.2, 0) is 0 Å². The van der Waals surface area contributed by atoms with Crippen LogP contribution in [-0.4, -0.2) is 26.2 Å². The van der Waals surface area contributed by atoms with Gasteiger partial charge in [-0.2, -0.15) is 5.26 Å². The van der Waals surface area contributed by atoms with E-state index in [0.717, 1.165) is 75.0 Å². The summed E-state index contributed by atoms with van der Waals surface area (Å²) < 4.78 is 13.2. The Labute approximate surface area is 268 Å². The van der Waals surface area contributed by atoms with Crippen LogP contribution in [0.15, 0.2) is 75.6 Å². The molecule has 0 bridgehead atoms. The van der Waals surface area contributed by atoms with Gasteiger partial charge < -0.3 is 18.6 Å². The largest absolute Gasteiger partial charge is 0.452 e. The normalized spacial score (nSPS) is 22.6. The van der Waals surface area contributed by atoms with Crippen molar-refractivity contribution in [1.29, 1.82) is 5.26 Å². The second kappa shape index (κ2) is 10.2. The molecule has 0 saturated carbocycles. The molecule has 2 fully saturated rings. The topological polar surface area (TPSA) is 56.6 Å². The zero-order valence-corrected chi connectivity index (χ0v) is 27.1. The number of fused-ring (bicyclic) bond motifs is 9. The van der Waals surface area contributed by atoms with E-state index in [1.165, 1.54) is 29.6 Å². The molecule has 5 nitrogen and oxygen atoms in total. The molecule has 2 saturated heterocycles. The van der Waals surface area contributed by atoms with E-state index in [0.29, 0.717) is 40.4 Å². The van der Waals surface area contributed by atoms with Gasteiger partial charge in [-0.1, -0.05) is 39.8 Å². The number of piperidine rings is 2. The maximum absolute atomic E-state index is 10.4. The Bertz CT molecular complexity index is 2370. The van der Waals surface area contributed by atoms with Gasteiger partial charge in [-0.3, -0.25) is 0 Å². The van der Waals surface area contributed by atoms with Gasteiger partial charge in [0.05, 0.1) is 11.6 Å². The fourth-order valence-corrected chi connectivity index (χ4v) is 8.86. The fourth-order valence-electron chi connectivity index (χ4n) is 8.86. The molecule has 4 atom stereocenters. The van der Waals surface area contributed by atoms with Gasteiger partial charge in [0.2, 0.25) is 0 Å². The number of nitrogens with zero attached hydrogens (tertiary/aromatic N) is 3. The molecule has 2 aliphatic heterocycles. The molecular formula is C41H39N3O2. The third-order valence-corrected chi connectivity index (χ3v) is 10.7. The lowest BCUT2D eigenvalue weighted by Gasteiger charge is -2.36. The highest BCUT2D eigenvalue weighted by Gasteiger charge is 2.25. The molecule has 0 N–H and O–H groups in total. The van der Waals surface area contributed by atoms with Crippen molar-refractivity contribution in [3.8, 4) is 6.07 Å². The van der Waals surface area contributed by atoms with Crippen molar-refractivity contribution in [3.63, 3.8) is 0 Å². The molecule has 46 heavy (non-hydrogen) atoms. The first-order valence-electron chi connectivity index (χ1n) is 16.9. The number of anilines is 2. The van der Waals surface area contributed by atoms with E-state index >= 15 is 0 Å². The van der Waals surface area contributed by atoms with E-state index < -0.39 is 0 Å². The van der Waals surface area contributed by atoms with Gasteiger partial charge in [0.15, 0.2) is 11.2 Å². The van der Waals surface area contributed by atoms with Crippen molar-refractivity contribution in [2.24, 2.45) is 23.7 Å². The number of hydrogen-bond donors (Lipinski definition) is 0. The lowest BCUT2D eigenvalue weighted by molar-refractivity contribution is 0.357. The number of furan rings is 2. The van der Waals surface area contributed by atoms with Crippen LogP contribution in [0.2, 0.25) is 0 Å². The van der Waals surface area contributed by atoms with E-state index in [4.69, 9.17) is 8.83 Å². The lowest BCUT2D eigenvalue weighted by atomic mass is 9.91. The monoisotopic (exact) mass is 605 g/mol. The summed E-state index contributed by atoms with van der Waals surface area (Å²) in [6, 6.07) is 26.7. The lowest BCUT2D eigenvalue weighted by Crippen LogP contribution is -2.38. The standard InChI is InChI=1S/C41H39N3O2/c1-23-9-24(2)20-43(19-23)32-7-5-27-13-34-35-15-31(18-42)39-36-14-28-6-8-33(44-21-25(3)10-26(4)22-44)12-30(28)17-38(36)46-41(39)40(35)45-37(34)16-29(27)11-32/h5-8,11-17,23-26H,9-10,19-22H2,1-4H3. The predicted molar refractivity (Wildman–Crippen MR) is 191 cm³/mol. The van der Waals surface area contributed by atoms with Crippen molar-refractivity contribution < 1.29 is 8.83 Å². The van der Waals surface area contributed by atoms with Crippen LogP contribution in [0.1, 0.15) is 46.1 Å². The van der Waals surface area contributed by atoms with Crippen molar-refractivity contribution in [2.75, 3.05) is 36.0 Å². The van der Waals surface area contributed by atoms with Crippen LogP contribution in [0, 0.1) is 35.0 Å². The van der Waals surface area contributed by atoms with Gasteiger partial charge in [0.1, 0.15) is 11.2 Å². The Hall–Kier alpha value is -4.69. The molecular weight excluding hydrogens is 566 g/mol. The second-order valence-corrected chi connectivity index (χ2v) is 14.8. The third-order valence-electron chi connectivity index (χ3n) is 10.7. The van der Waals surface area contributed by atoms with E-state index in [-0.39, 0.29) is 0 Å². The zero-order valence-electron chi connectivity index (χ0n) is 27.1. The summed E-state index contributed by atoms with van der Waals surface area (Å²) in [5.74, 6) is 2.77. The first-order valence-corrected chi connectivity index (χ1v) is 16.9. The summed E-state index contributed by atoms with van der Waals surface area (Å²) in [4.78, 5) is 5.05. The van der Waals surface area contributed by atoms with E-state index in [1.54, 1.807) is 0 Å². The van der Waals surface area contributed by atoms with Gasteiger partial charge in [0, 0.05) is 59.1 Å². The summed E-state index contributed by atoms with van der Waals surface area (Å²) >= 11 is 0. The van der Waals surface area contributed by atoms with Crippen molar-refractivity contribution in [1.82, 2.24) is 0 Å². The molecule has 230 valence electrons. The minimum absolute atomic E-state index is 0.611. The SMILES string of the molecule is CC1CC(C)CN(c2ccc3cc4c(cc3c2)oc2c4cc(C#N)c3c4cc5ccc(N6CC(C)CC(C)C6)cc5cc4oc23)C1. The Kier molecular flexibility index (Phi) is 6.10. The Morgan fingerprint density at radius 1 is 0.565 bits per heavy atom. The van der Waals surface area contributed by atoms with Gasteiger partial charge in [-0.15, -0.1) is 0 Å². The Morgan fingerprint density at radius 3 is 1.61 bits per heavy atom. The molecule has 2 aromatic heterocycles. The van der Waals surface area contributed by atoms with Crippen LogP contribution in [0.3, 0.4) is 0 Å². The number of hydrogen-bond acceptors (Lipinski definition) is 5. The summed E-state index contributed by atoms with van der Waals surface area (Å²) in [6.45, 7) is 13.8. The van der Waals surface area contributed by atoms with Gasteiger partial charge >= 0.3 is 0 Å². The average molecular weight is 606 g/mol. The first-order chi connectivity index (χ1) is 22.3. The molecule has 0 spiro atoms. The zero-order chi connectivity index (χ0) is 31.3. The van der Waals surface area contributed by atoms with Gasteiger partial charge in [0.25, 0.3) is 0 Å². The smallest absolute Gasteiger partial charge is 0.179 e. The Morgan fingerprint density at radius 2 is 1.07 bits per heavy atom. The number of rotatable bonds is 2. The molecule has 5 aromatic carbocycles. The van der Waals surface area contributed by atoms with Crippen molar-refractivity contribution >= 4 is 76.8 Å². The maximum Gasteiger partial charge on any atom is 0.179 e. The third kappa shape index (κ3) is 4.34. The summed E-state index contributed by atoms with van der Waals surface area (Å²) in [6.07, 6.45) is 2.58. The van der Waals surface area contributed by atoms with Crippen molar-refractivity contribution in [2.45, 2.75) is 40.5 Å². The number of benzene rings is 5. The van der Waals surface area contributed by atoms with E-state index in [2.05, 4.69) is 104 Å². The molecule has 4 unspecified atom stereocenters. The molecule has 0 radical (unpaired) electrons. The van der Waals surface area contributed by atoms with Crippen LogP contribution in [0.4, 0.5) is 11.4 Å². The highest BCUT2D eigenvalue weighted by atomic mass is 16.4. The van der Waals surface area contributed by atoms with Crippen LogP contribution < -0.4 is 9.80 Å². The minimum atomic E-state index is 0.611. The van der Waals surface area contributed by atoms with Crippen LogP contribution in [0.5, 0.6) is 0 Å². The summed E-state index contributed by atoms with van der Waals surface area (Å²) in [5, 5.41) is 18.7. The fraction of sp³-hybridized carbons (Fsp3) is 0.341. The molecule has 9 rings (SSSR count). The summed E-state index contributed by atoms with van der Waals surface area (Å²) in [7, 11) is 0. The van der Waals surface area contributed by atoms with E-state index in [9.17, 15) is 5.26 Å². The van der Waals surface area contributed by atoms with E-state index in [1.807, 2.05) is 6.07 Å². The predicted octanol–water partition coefficient (Wildman–Crippen LogP) is 10.6. The van der Waals surface area contributed by atoms with Crippen LogP contribution in [0.25, 0.3) is 65.4 Å².